The van der Waals surface area contributed by atoms with E-state index in [0.29, 0.717) is 5.02 Å². The molecule has 2 aromatic rings. The van der Waals surface area contributed by atoms with Crippen LogP contribution in [0.25, 0.3) is 0 Å². The second kappa shape index (κ2) is 13.3. The standard InChI is InChI=1S/C26H35Cl2N3O4S/c1-6-19(3)29-26(33)20(4)30(17-21-11-9-18(2)10-12-21)25(32)8-7-15-31(36(5,34)35)24-16-22(27)13-14-23(24)28/h9-14,16,19-20H,6-8,15,17H2,1-5H3,(H,29,33)/t19-,20-/m0/s1. The Balaban J connectivity index is 2.20. The third-order valence-corrected chi connectivity index (χ3v) is 7.71. The van der Waals surface area contributed by atoms with Gasteiger partial charge in [-0.2, -0.15) is 0 Å². The molecule has 0 spiro atoms. The zero-order chi connectivity index (χ0) is 27.0. The minimum absolute atomic E-state index is 0.0120. The molecule has 0 bridgehead atoms. The molecule has 36 heavy (non-hydrogen) atoms. The summed E-state index contributed by atoms with van der Waals surface area (Å²) in [6, 6.07) is 11.7. The highest BCUT2D eigenvalue weighted by Crippen LogP contribution is 2.31. The third kappa shape index (κ3) is 8.68. The van der Waals surface area contributed by atoms with Crippen LogP contribution in [-0.2, 0) is 26.2 Å². The number of nitrogens with zero attached hydrogens (tertiary/aromatic N) is 2. The molecule has 2 amide bonds. The molecule has 0 heterocycles. The van der Waals surface area contributed by atoms with Crippen LogP contribution >= 0.6 is 23.2 Å². The van der Waals surface area contributed by atoms with E-state index < -0.39 is 16.1 Å². The number of anilines is 1. The summed E-state index contributed by atoms with van der Waals surface area (Å²) in [5.41, 5.74) is 2.26. The molecule has 0 aliphatic carbocycles. The maximum Gasteiger partial charge on any atom is 0.242 e. The van der Waals surface area contributed by atoms with Crippen LogP contribution in [0.15, 0.2) is 42.5 Å². The van der Waals surface area contributed by atoms with Gasteiger partial charge in [0.1, 0.15) is 6.04 Å². The Morgan fingerprint density at radius 1 is 1.06 bits per heavy atom. The normalized spacial score (nSPS) is 13.1. The molecule has 198 valence electrons. The molecule has 2 rings (SSSR count). The maximum atomic E-state index is 13.3. The second-order valence-corrected chi connectivity index (χ2v) is 11.8. The van der Waals surface area contributed by atoms with E-state index in [1.165, 1.54) is 12.1 Å². The van der Waals surface area contributed by atoms with E-state index in [0.717, 1.165) is 28.1 Å². The van der Waals surface area contributed by atoms with Crippen molar-refractivity contribution in [2.24, 2.45) is 0 Å². The van der Waals surface area contributed by atoms with Gasteiger partial charge < -0.3 is 10.2 Å². The molecule has 7 nitrogen and oxygen atoms in total. The highest BCUT2D eigenvalue weighted by Gasteiger charge is 2.27. The molecule has 0 aromatic heterocycles. The Labute approximate surface area is 224 Å². The Morgan fingerprint density at radius 2 is 1.69 bits per heavy atom. The minimum atomic E-state index is -3.67. The Kier molecular flexibility index (Phi) is 11.1. The first-order chi connectivity index (χ1) is 16.8. The van der Waals surface area contributed by atoms with Crippen LogP contribution in [0.1, 0.15) is 51.2 Å². The van der Waals surface area contributed by atoms with Crippen LogP contribution in [0.2, 0.25) is 10.0 Å². The van der Waals surface area contributed by atoms with Crippen LogP contribution < -0.4 is 9.62 Å². The van der Waals surface area contributed by atoms with Gasteiger partial charge >= 0.3 is 0 Å². The fourth-order valence-corrected chi connectivity index (χ4v) is 5.00. The van der Waals surface area contributed by atoms with Crippen LogP contribution in [0.4, 0.5) is 5.69 Å². The van der Waals surface area contributed by atoms with E-state index in [1.807, 2.05) is 45.0 Å². The lowest BCUT2D eigenvalue weighted by atomic mass is 10.1. The lowest BCUT2D eigenvalue weighted by Gasteiger charge is -2.30. The number of amides is 2. The van der Waals surface area contributed by atoms with Gasteiger partial charge in [-0.1, -0.05) is 60.0 Å². The van der Waals surface area contributed by atoms with E-state index in [4.69, 9.17) is 23.2 Å². The summed E-state index contributed by atoms with van der Waals surface area (Å²) in [4.78, 5) is 27.7. The number of rotatable bonds is 12. The van der Waals surface area contributed by atoms with Crippen molar-refractivity contribution in [2.75, 3.05) is 17.1 Å². The van der Waals surface area contributed by atoms with Gasteiger partial charge in [0, 0.05) is 30.6 Å². The topological polar surface area (TPSA) is 86.8 Å². The van der Waals surface area contributed by atoms with Crippen LogP contribution in [0.3, 0.4) is 0 Å². The maximum absolute atomic E-state index is 13.3. The fourth-order valence-electron chi connectivity index (χ4n) is 3.60. The van der Waals surface area contributed by atoms with Crippen molar-refractivity contribution >= 4 is 50.7 Å². The first-order valence-corrected chi connectivity index (χ1v) is 14.5. The summed E-state index contributed by atoms with van der Waals surface area (Å²) < 4.78 is 26.1. The Morgan fingerprint density at radius 3 is 2.28 bits per heavy atom. The van der Waals surface area contributed by atoms with Gasteiger partial charge in [0.15, 0.2) is 0 Å². The Bertz CT molecular complexity index is 1160. The van der Waals surface area contributed by atoms with E-state index in [9.17, 15) is 18.0 Å². The van der Waals surface area contributed by atoms with E-state index in [2.05, 4.69) is 5.32 Å². The average Bonchev–Trinajstić information content (AvgIpc) is 2.81. The highest BCUT2D eigenvalue weighted by molar-refractivity contribution is 7.92. The molecule has 2 atom stereocenters. The van der Waals surface area contributed by atoms with Crippen molar-refractivity contribution in [3.63, 3.8) is 0 Å². The van der Waals surface area contributed by atoms with Gasteiger partial charge in [-0.3, -0.25) is 13.9 Å². The number of hydrogen-bond acceptors (Lipinski definition) is 4. The molecule has 1 N–H and O–H groups in total. The number of sulfonamides is 1. The monoisotopic (exact) mass is 555 g/mol. The van der Waals surface area contributed by atoms with Crippen molar-refractivity contribution in [3.8, 4) is 0 Å². The fraction of sp³-hybridized carbons (Fsp3) is 0.462. The van der Waals surface area contributed by atoms with Gasteiger partial charge in [0.25, 0.3) is 0 Å². The summed E-state index contributed by atoms with van der Waals surface area (Å²) in [7, 11) is -3.67. The van der Waals surface area contributed by atoms with Crippen LogP contribution in [0, 0.1) is 6.92 Å². The summed E-state index contributed by atoms with van der Waals surface area (Å²) in [6.45, 7) is 7.88. The van der Waals surface area contributed by atoms with Gasteiger partial charge in [0.2, 0.25) is 21.8 Å². The second-order valence-electron chi connectivity index (χ2n) is 9.04. The van der Waals surface area contributed by atoms with Gasteiger partial charge in [-0.25, -0.2) is 8.42 Å². The zero-order valence-corrected chi connectivity index (χ0v) is 23.8. The molecule has 0 aliphatic rings. The SMILES string of the molecule is CC[C@H](C)NC(=O)[C@H](C)N(Cc1ccc(C)cc1)C(=O)CCCN(c1cc(Cl)ccc1Cl)S(C)(=O)=O. The molecule has 0 saturated heterocycles. The zero-order valence-electron chi connectivity index (χ0n) is 21.4. The van der Waals surface area contributed by atoms with Crippen molar-refractivity contribution in [3.05, 3.63) is 63.6 Å². The summed E-state index contributed by atoms with van der Waals surface area (Å²) in [6.07, 6.45) is 2.14. The molecule has 0 unspecified atom stereocenters. The molecule has 2 aromatic carbocycles. The van der Waals surface area contributed by atoms with Crippen molar-refractivity contribution in [2.45, 2.75) is 65.6 Å². The summed E-state index contributed by atoms with van der Waals surface area (Å²) >= 11 is 12.3. The lowest BCUT2D eigenvalue weighted by molar-refractivity contribution is -0.140. The first-order valence-electron chi connectivity index (χ1n) is 11.9. The minimum Gasteiger partial charge on any atom is -0.352 e. The predicted octanol–water partition coefficient (Wildman–Crippen LogP) is 5.18. The number of carbonyl (C=O) groups excluding carboxylic acids is 2. The molecular weight excluding hydrogens is 521 g/mol. The lowest BCUT2D eigenvalue weighted by Crippen LogP contribution is -2.49. The first kappa shape index (κ1) is 29.9. The van der Waals surface area contributed by atoms with E-state index in [1.54, 1.807) is 17.9 Å². The highest BCUT2D eigenvalue weighted by atomic mass is 35.5. The summed E-state index contributed by atoms with van der Waals surface area (Å²) in [5.74, 6) is -0.471. The van der Waals surface area contributed by atoms with E-state index >= 15 is 0 Å². The quantitative estimate of drug-likeness (QED) is 0.391. The number of nitrogens with one attached hydrogen (secondary N) is 1. The van der Waals surface area contributed by atoms with Gasteiger partial charge in [-0.15, -0.1) is 0 Å². The molecule has 0 radical (unpaired) electrons. The molecule has 10 heteroatoms. The van der Waals surface area contributed by atoms with Crippen LogP contribution in [0.5, 0.6) is 0 Å². The molecule has 0 aliphatic heterocycles. The summed E-state index contributed by atoms with van der Waals surface area (Å²) in [5, 5.41) is 3.53. The molecular formula is C26H35Cl2N3O4S. The van der Waals surface area contributed by atoms with Crippen molar-refractivity contribution in [1.29, 1.82) is 0 Å². The largest absolute Gasteiger partial charge is 0.352 e. The van der Waals surface area contributed by atoms with Crippen molar-refractivity contribution < 1.29 is 18.0 Å². The Hall–Kier alpha value is -2.29. The third-order valence-electron chi connectivity index (χ3n) is 5.97. The number of carbonyl (C=O) groups is 2. The smallest absolute Gasteiger partial charge is 0.242 e. The van der Waals surface area contributed by atoms with Crippen molar-refractivity contribution in [1.82, 2.24) is 10.2 Å². The molecule has 0 fully saturated rings. The van der Waals surface area contributed by atoms with Gasteiger partial charge in [-0.05, 0) is 57.4 Å². The predicted molar refractivity (Wildman–Crippen MR) is 147 cm³/mol. The van der Waals surface area contributed by atoms with Crippen LogP contribution in [-0.4, -0.2) is 50.0 Å². The number of hydrogen-bond donors (Lipinski definition) is 1. The molecule has 0 saturated carbocycles. The average molecular weight is 557 g/mol. The number of halogens is 2. The number of benzene rings is 2. The van der Waals surface area contributed by atoms with E-state index in [-0.39, 0.29) is 54.5 Å². The van der Waals surface area contributed by atoms with Gasteiger partial charge in [0.05, 0.1) is 17.0 Å². The number of aryl methyl sites for hydroxylation is 1.